The van der Waals surface area contributed by atoms with Gasteiger partial charge in [-0.25, -0.2) is 0 Å². The van der Waals surface area contributed by atoms with E-state index in [2.05, 4.69) is 5.32 Å². The van der Waals surface area contributed by atoms with Crippen molar-refractivity contribution in [3.05, 3.63) is 42.5 Å². The third-order valence-corrected chi connectivity index (χ3v) is 2.54. The number of nitrogen functional groups attached to an aromatic ring is 1. The van der Waals surface area contributed by atoms with Crippen molar-refractivity contribution in [3.63, 3.8) is 0 Å². The SMILES string of the molecule is CNc1ccc(N)c(-c2ccccc2O)c1. The Morgan fingerprint density at radius 1 is 1.06 bits per heavy atom. The Hall–Kier alpha value is -2.16. The lowest BCUT2D eigenvalue weighted by atomic mass is 10.0. The summed E-state index contributed by atoms with van der Waals surface area (Å²) in [6.07, 6.45) is 0. The number of hydrogen-bond acceptors (Lipinski definition) is 3. The van der Waals surface area contributed by atoms with Gasteiger partial charge in [-0.05, 0) is 24.3 Å². The van der Waals surface area contributed by atoms with Gasteiger partial charge in [0.1, 0.15) is 5.75 Å². The zero-order chi connectivity index (χ0) is 11.5. The largest absolute Gasteiger partial charge is 0.507 e. The number of nitrogens with one attached hydrogen (secondary N) is 1. The minimum atomic E-state index is 0.238. The summed E-state index contributed by atoms with van der Waals surface area (Å²) in [6, 6.07) is 12.8. The Kier molecular flexibility index (Phi) is 2.68. The summed E-state index contributed by atoms with van der Waals surface area (Å²) in [5.41, 5.74) is 9.11. The highest BCUT2D eigenvalue weighted by Crippen LogP contribution is 2.34. The fourth-order valence-corrected chi connectivity index (χ4v) is 1.65. The lowest BCUT2D eigenvalue weighted by Crippen LogP contribution is -1.93. The molecule has 0 radical (unpaired) electrons. The lowest BCUT2D eigenvalue weighted by Gasteiger charge is -2.10. The zero-order valence-electron chi connectivity index (χ0n) is 9.07. The first-order chi connectivity index (χ1) is 7.72. The minimum Gasteiger partial charge on any atom is -0.507 e. The highest BCUT2D eigenvalue weighted by atomic mass is 16.3. The van der Waals surface area contributed by atoms with Crippen LogP contribution in [0.2, 0.25) is 0 Å². The van der Waals surface area contributed by atoms with Crippen molar-refractivity contribution in [2.75, 3.05) is 18.1 Å². The summed E-state index contributed by atoms with van der Waals surface area (Å²) in [7, 11) is 1.85. The van der Waals surface area contributed by atoms with Gasteiger partial charge in [0.2, 0.25) is 0 Å². The van der Waals surface area contributed by atoms with E-state index in [-0.39, 0.29) is 5.75 Å². The van der Waals surface area contributed by atoms with Gasteiger partial charge in [0.25, 0.3) is 0 Å². The smallest absolute Gasteiger partial charge is 0.123 e. The van der Waals surface area contributed by atoms with E-state index in [1.165, 1.54) is 0 Å². The van der Waals surface area contributed by atoms with E-state index in [9.17, 15) is 5.11 Å². The predicted molar refractivity (Wildman–Crippen MR) is 67.5 cm³/mol. The summed E-state index contributed by atoms with van der Waals surface area (Å²) < 4.78 is 0. The molecule has 82 valence electrons. The number of para-hydroxylation sites is 1. The molecule has 0 saturated carbocycles. The average molecular weight is 214 g/mol. The highest BCUT2D eigenvalue weighted by molar-refractivity contribution is 5.82. The summed E-state index contributed by atoms with van der Waals surface area (Å²) >= 11 is 0. The Bertz CT molecular complexity index is 509. The van der Waals surface area contributed by atoms with Crippen LogP contribution in [0.3, 0.4) is 0 Å². The van der Waals surface area contributed by atoms with Crippen LogP contribution in [0.4, 0.5) is 11.4 Å². The van der Waals surface area contributed by atoms with E-state index in [1.807, 2.05) is 37.4 Å². The Morgan fingerprint density at radius 3 is 2.50 bits per heavy atom. The topological polar surface area (TPSA) is 58.3 Å². The first-order valence-electron chi connectivity index (χ1n) is 5.08. The van der Waals surface area contributed by atoms with Gasteiger partial charge in [0, 0.05) is 29.5 Å². The number of aromatic hydroxyl groups is 1. The Labute approximate surface area is 94.5 Å². The quantitative estimate of drug-likeness (QED) is 0.673. The molecule has 16 heavy (non-hydrogen) atoms. The van der Waals surface area contributed by atoms with Gasteiger partial charge < -0.3 is 16.2 Å². The van der Waals surface area contributed by atoms with Crippen LogP contribution in [0.5, 0.6) is 5.75 Å². The summed E-state index contributed by atoms with van der Waals surface area (Å²) in [4.78, 5) is 0. The van der Waals surface area contributed by atoms with Crippen molar-refractivity contribution in [1.29, 1.82) is 0 Å². The van der Waals surface area contributed by atoms with Crippen molar-refractivity contribution >= 4 is 11.4 Å². The van der Waals surface area contributed by atoms with E-state index in [4.69, 9.17) is 5.73 Å². The molecular weight excluding hydrogens is 200 g/mol. The number of rotatable bonds is 2. The second kappa shape index (κ2) is 4.14. The van der Waals surface area contributed by atoms with Crippen molar-refractivity contribution in [2.45, 2.75) is 0 Å². The fourth-order valence-electron chi connectivity index (χ4n) is 1.65. The molecule has 2 rings (SSSR count). The van der Waals surface area contributed by atoms with Gasteiger partial charge in [0.15, 0.2) is 0 Å². The maximum absolute atomic E-state index is 9.78. The summed E-state index contributed by atoms with van der Waals surface area (Å²) in [5.74, 6) is 0.238. The molecule has 0 aliphatic carbocycles. The molecule has 0 spiro atoms. The van der Waals surface area contributed by atoms with Crippen LogP contribution in [0, 0.1) is 0 Å². The number of benzene rings is 2. The molecule has 4 N–H and O–H groups in total. The fraction of sp³-hybridized carbons (Fsp3) is 0.0769. The number of hydrogen-bond donors (Lipinski definition) is 3. The molecule has 0 atom stereocenters. The molecule has 3 heteroatoms. The van der Waals surface area contributed by atoms with E-state index < -0.39 is 0 Å². The maximum atomic E-state index is 9.78. The van der Waals surface area contributed by atoms with Crippen LogP contribution in [0.25, 0.3) is 11.1 Å². The van der Waals surface area contributed by atoms with E-state index in [0.29, 0.717) is 5.69 Å². The molecule has 0 aromatic heterocycles. The van der Waals surface area contributed by atoms with Crippen LogP contribution in [-0.4, -0.2) is 12.2 Å². The lowest BCUT2D eigenvalue weighted by molar-refractivity contribution is 0.477. The molecule has 0 bridgehead atoms. The molecule has 3 nitrogen and oxygen atoms in total. The summed E-state index contributed by atoms with van der Waals surface area (Å²) in [5, 5.41) is 12.8. The molecule has 0 heterocycles. The van der Waals surface area contributed by atoms with Crippen LogP contribution < -0.4 is 11.1 Å². The van der Waals surface area contributed by atoms with Crippen molar-refractivity contribution in [3.8, 4) is 16.9 Å². The number of nitrogens with two attached hydrogens (primary N) is 1. The monoisotopic (exact) mass is 214 g/mol. The molecule has 0 unspecified atom stereocenters. The molecular formula is C13H14N2O. The normalized spacial score (nSPS) is 10.1. The summed E-state index contributed by atoms with van der Waals surface area (Å²) in [6.45, 7) is 0. The molecule has 0 fully saturated rings. The van der Waals surface area contributed by atoms with Crippen molar-refractivity contribution in [1.82, 2.24) is 0 Å². The second-order valence-electron chi connectivity index (χ2n) is 3.57. The van der Waals surface area contributed by atoms with Crippen molar-refractivity contribution in [2.24, 2.45) is 0 Å². The van der Waals surface area contributed by atoms with Gasteiger partial charge in [-0.3, -0.25) is 0 Å². The van der Waals surface area contributed by atoms with Crippen LogP contribution >= 0.6 is 0 Å². The minimum absolute atomic E-state index is 0.238. The molecule has 2 aromatic rings. The molecule has 0 aliphatic heterocycles. The number of phenols is 1. The van der Waals surface area contributed by atoms with Gasteiger partial charge in [-0.2, -0.15) is 0 Å². The van der Waals surface area contributed by atoms with Crippen LogP contribution in [0.15, 0.2) is 42.5 Å². The van der Waals surface area contributed by atoms with E-state index in [1.54, 1.807) is 12.1 Å². The Balaban J connectivity index is 2.59. The first-order valence-corrected chi connectivity index (χ1v) is 5.08. The Morgan fingerprint density at radius 2 is 1.81 bits per heavy atom. The maximum Gasteiger partial charge on any atom is 0.123 e. The van der Waals surface area contributed by atoms with Gasteiger partial charge in [0.05, 0.1) is 0 Å². The van der Waals surface area contributed by atoms with Gasteiger partial charge in [-0.15, -0.1) is 0 Å². The molecule has 2 aromatic carbocycles. The first kappa shape index (κ1) is 10.4. The van der Waals surface area contributed by atoms with E-state index in [0.717, 1.165) is 16.8 Å². The number of anilines is 2. The predicted octanol–water partition coefficient (Wildman–Crippen LogP) is 2.68. The van der Waals surface area contributed by atoms with Gasteiger partial charge >= 0.3 is 0 Å². The van der Waals surface area contributed by atoms with Crippen LogP contribution in [0.1, 0.15) is 0 Å². The van der Waals surface area contributed by atoms with Crippen LogP contribution in [-0.2, 0) is 0 Å². The molecule has 0 amide bonds. The number of phenolic OH excluding ortho intramolecular Hbond substituents is 1. The average Bonchev–Trinajstić information content (AvgIpc) is 2.31. The third kappa shape index (κ3) is 1.80. The molecule has 0 aliphatic rings. The second-order valence-corrected chi connectivity index (χ2v) is 3.57. The molecule has 0 saturated heterocycles. The standard InChI is InChI=1S/C13H14N2O/c1-15-9-6-7-12(14)11(8-9)10-4-2-3-5-13(10)16/h2-8,15-16H,14H2,1H3. The highest BCUT2D eigenvalue weighted by Gasteiger charge is 2.07. The zero-order valence-corrected chi connectivity index (χ0v) is 9.07. The third-order valence-electron chi connectivity index (χ3n) is 2.54. The van der Waals surface area contributed by atoms with Gasteiger partial charge in [-0.1, -0.05) is 18.2 Å². The van der Waals surface area contributed by atoms with Crippen molar-refractivity contribution < 1.29 is 5.11 Å². The van der Waals surface area contributed by atoms with E-state index >= 15 is 0 Å².